The van der Waals surface area contributed by atoms with E-state index in [1.165, 1.54) is 6.33 Å². The molecule has 0 aliphatic carbocycles. The Morgan fingerprint density at radius 3 is 2.83 bits per heavy atom. The first-order valence-electron chi connectivity index (χ1n) is 7.54. The van der Waals surface area contributed by atoms with Gasteiger partial charge in [0, 0.05) is 25.4 Å². The summed E-state index contributed by atoms with van der Waals surface area (Å²) in [5, 5.41) is 16.1. The molecule has 0 bridgehead atoms. The molecule has 0 radical (unpaired) electrons. The zero-order valence-corrected chi connectivity index (χ0v) is 12.8. The number of tetrazole rings is 1. The Labute approximate surface area is 137 Å². The van der Waals surface area contributed by atoms with E-state index in [1.54, 1.807) is 23.5 Å². The fourth-order valence-corrected chi connectivity index (χ4v) is 2.55. The highest BCUT2D eigenvalue weighted by Gasteiger charge is 2.10. The van der Waals surface area contributed by atoms with Crippen molar-refractivity contribution in [2.45, 2.75) is 19.5 Å². The van der Waals surface area contributed by atoms with Crippen molar-refractivity contribution in [2.75, 3.05) is 0 Å². The van der Waals surface area contributed by atoms with Crippen LogP contribution in [0.3, 0.4) is 0 Å². The predicted octanol–water partition coefficient (Wildman–Crippen LogP) is 0.741. The van der Waals surface area contributed by atoms with Crippen LogP contribution in [0.5, 0.6) is 0 Å². The Kier molecular flexibility index (Phi) is 3.80. The van der Waals surface area contributed by atoms with E-state index in [4.69, 9.17) is 0 Å². The number of hydrogen-bond donors (Lipinski definition) is 0. The summed E-state index contributed by atoms with van der Waals surface area (Å²) >= 11 is 0. The molecule has 0 fully saturated rings. The zero-order chi connectivity index (χ0) is 16.2. The summed E-state index contributed by atoms with van der Waals surface area (Å²) in [4.78, 5) is 8.05. The van der Waals surface area contributed by atoms with Crippen LogP contribution >= 0.6 is 0 Å². The van der Waals surface area contributed by atoms with E-state index in [2.05, 4.69) is 42.7 Å². The van der Waals surface area contributed by atoms with Crippen molar-refractivity contribution in [3.63, 3.8) is 0 Å². The van der Waals surface area contributed by atoms with Crippen LogP contribution < -0.4 is 0 Å². The Morgan fingerprint density at radius 1 is 1.04 bits per heavy atom. The van der Waals surface area contributed by atoms with Gasteiger partial charge in [0.2, 0.25) is 0 Å². The van der Waals surface area contributed by atoms with Crippen LogP contribution in [0.25, 0.3) is 5.69 Å². The Balaban J connectivity index is 1.55. The highest BCUT2D eigenvalue weighted by molar-refractivity contribution is 5.41. The lowest BCUT2D eigenvalue weighted by Crippen LogP contribution is -2.12. The minimum Gasteiger partial charge on any atom is -0.306 e. The fraction of sp³-hybridized carbons (Fsp3) is 0.200. The molecule has 3 aromatic heterocycles. The summed E-state index contributed by atoms with van der Waals surface area (Å²) in [7, 11) is 0. The van der Waals surface area contributed by atoms with Gasteiger partial charge in [0.05, 0.1) is 18.6 Å². The number of nitrogens with zero attached hydrogens (tertiary/aromatic N) is 9. The van der Waals surface area contributed by atoms with Crippen LogP contribution in [0.4, 0.5) is 0 Å². The smallest absolute Gasteiger partial charge is 0.153 e. The zero-order valence-electron chi connectivity index (χ0n) is 12.8. The summed E-state index contributed by atoms with van der Waals surface area (Å²) in [6.45, 7) is 1.28. The standard InChI is InChI=1S/C15H15N9/c1-2-4-14(22-8-6-16-11-22)13(3-1)9-24-15(19-20-21-24)5-7-23-12-17-10-18-23/h1-4,6,8,10-12H,5,7,9H2. The summed E-state index contributed by atoms with van der Waals surface area (Å²) in [6, 6.07) is 8.13. The molecule has 0 saturated heterocycles. The molecular formula is C15H15N9. The molecule has 0 unspecified atom stereocenters. The third-order valence-corrected chi connectivity index (χ3v) is 3.73. The molecule has 0 amide bonds. The first-order chi connectivity index (χ1) is 11.9. The van der Waals surface area contributed by atoms with Crippen molar-refractivity contribution in [1.29, 1.82) is 0 Å². The molecule has 0 spiro atoms. The maximum atomic E-state index is 4.13. The van der Waals surface area contributed by atoms with Gasteiger partial charge in [-0.1, -0.05) is 18.2 Å². The summed E-state index contributed by atoms with van der Waals surface area (Å²) < 4.78 is 5.56. The molecule has 0 atom stereocenters. The molecule has 4 aromatic rings. The van der Waals surface area contributed by atoms with Crippen molar-refractivity contribution >= 4 is 0 Å². The number of aromatic nitrogens is 9. The Morgan fingerprint density at radius 2 is 2.00 bits per heavy atom. The van der Waals surface area contributed by atoms with Crippen LogP contribution in [-0.2, 0) is 19.5 Å². The molecule has 9 nitrogen and oxygen atoms in total. The van der Waals surface area contributed by atoms with Crippen molar-refractivity contribution in [2.24, 2.45) is 0 Å². The summed E-state index contributed by atoms with van der Waals surface area (Å²) in [5.74, 6) is 0.811. The van der Waals surface area contributed by atoms with Crippen LogP contribution in [0.2, 0.25) is 0 Å². The maximum Gasteiger partial charge on any atom is 0.153 e. The van der Waals surface area contributed by atoms with Gasteiger partial charge in [-0.15, -0.1) is 5.10 Å². The maximum absolute atomic E-state index is 4.13. The average Bonchev–Trinajstić information content (AvgIpc) is 3.36. The second kappa shape index (κ2) is 6.41. The molecule has 24 heavy (non-hydrogen) atoms. The van der Waals surface area contributed by atoms with E-state index in [1.807, 2.05) is 27.6 Å². The molecule has 1 aromatic carbocycles. The quantitative estimate of drug-likeness (QED) is 0.520. The third kappa shape index (κ3) is 2.91. The minimum absolute atomic E-state index is 0.591. The lowest BCUT2D eigenvalue weighted by Gasteiger charge is -2.11. The van der Waals surface area contributed by atoms with Gasteiger partial charge in [0.1, 0.15) is 12.7 Å². The van der Waals surface area contributed by atoms with Gasteiger partial charge in [-0.2, -0.15) is 5.10 Å². The van der Waals surface area contributed by atoms with Crippen LogP contribution in [-0.4, -0.2) is 44.5 Å². The molecular weight excluding hydrogens is 306 g/mol. The monoisotopic (exact) mass is 321 g/mol. The van der Waals surface area contributed by atoms with Gasteiger partial charge in [0.25, 0.3) is 0 Å². The van der Waals surface area contributed by atoms with Gasteiger partial charge in [-0.05, 0) is 22.1 Å². The Bertz CT molecular complexity index is 893. The molecule has 3 heterocycles. The summed E-state index contributed by atoms with van der Waals surface area (Å²) in [5.41, 5.74) is 2.18. The van der Waals surface area contributed by atoms with Crippen molar-refractivity contribution < 1.29 is 0 Å². The van der Waals surface area contributed by atoms with Gasteiger partial charge < -0.3 is 4.57 Å². The van der Waals surface area contributed by atoms with Crippen molar-refractivity contribution in [1.82, 2.24) is 44.5 Å². The lowest BCUT2D eigenvalue weighted by molar-refractivity contribution is 0.559. The van der Waals surface area contributed by atoms with E-state index in [9.17, 15) is 0 Å². The topological polar surface area (TPSA) is 92.1 Å². The molecule has 120 valence electrons. The van der Waals surface area contributed by atoms with Crippen molar-refractivity contribution in [3.05, 3.63) is 67.0 Å². The molecule has 4 rings (SSSR count). The number of imidazole rings is 1. The molecule has 0 saturated carbocycles. The van der Waals surface area contributed by atoms with Crippen LogP contribution in [0.15, 0.2) is 55.6 Å². The van der Waals surface area contributed by atoms with Gasteiger partial charge in [0.15, 0.2) is 5.82 Å². The second-order valence-corrected chi connectivity index (χ2v) is 5.26. The molecule has 0 N–H and O–H groups in total. The van der Waals surface area contributed by atoms with E-state index in [-0.39, 0.29) is 0 Å². The predicted molar refractivity (Wildman–Crippen MR) is 84.2 cm³/mol. The van der Waals surface area contributed by atoms with E-state index < -0.39 is 0 Å². The normalized spacial score (nSPS) is 11.0. The van der Waals surface area contributed by atoms with Gasteiger partial charge >= 0.3 is 0 Å². The summed E-state index contributed by atoms with van der Waals surface area (Å²) in [6.07, 6.45) is 9.35. The lowest BCUT2D eigenvalue weighted by atomic mass is 10.1. The molecule has 9 heteroatoms. The number of aryl methyl sites for hydroxylation is 2. The van der Waals surface area contributed by atoms with Gasteiger partial charge in [-0.25, -0.2) is 14.6 Å². The second-order valence-electron chi connectivity index (χ2n) is 5.26. The fourth-order valence-electron chi connectivity index (χ4n) is 2.55. The first kappa shape index (κ1) is 14.2. The van der Waals surface area contributed by atoms with Crippen molar-refractivity contribution in [3.8, 4) is 5.69 Å². The minimum atomic E-state index is 0.591. The number of rotatable bonds is 6. The highest BCUT2D eigenvalue weighted by atomic mass is 15.5. The SMILES string of the molecule is c1ccc(-n2ccnc2)c(Cn2nnnc2CCn2cncn2)c1. The first-order valence-corrected chi connectivity index (χ1v) is 7.54. The van der Waals surface area contributed by atoms with Gasteiger partial charge in [-0.3, -0.25) is 4.68 Å². The van der Waals surface area contributed by atoms with E-state index >= 15 is 0 Å². The van der Waals surface area contributed by atoms with Crippen LogP contribution in [0, 0.1) is 0 Å². The number of hydrogen-bond acceptors (Lipinski definition) is 6. The number of benzene rings is 1. The third-order valence-electron chi connectivity index (χ3n) is 3.73. The molecule has 0 aliphatic heterocycles. The largest absolute Gasteiger partial charge is 0.306 e. The van der Waals surface area contributed by atoms with E-state index in [0.717, 1.165) is 17.1 Å². The molecule has 0 aliphatic rings. The van der Waals surface area contributed by atoms with Crippen LogP contribution in [0.1, 0.15) is 11.4 Å². The number of para-hydroxylation sites is 1. The van der Waals surface area contributed by atoms with E-state index in [0.29, 0.717) is 19.5 Å². The Hall–Kier alpha value is -3.36. The highest BCUT2D eigenvalue weighted by Crippen LogP contribution is 2.15. The average molecular weight is 321 g/mol.